The van der Waals surface area contributed by atoms with E-state index in [0.29, 0.717) is 25.9 Å². The lowest BCUT2D eigenvalue weighted by atomic mass is 9.77. The van der Waals surface area contributed by atoms with E-state index in [9.17, 15) is 9.59 Å². The van der Waals surface area contributed by atoms with Gasteiger partial charge in [0.05, 0.1) is 0 Å². The number of carboxylic acid groups (broad SMARTS) is 1. The fourth-order valence-corrected chi connectivity index (χ4v) is 2.53. The molecule has 2 amide bonds. The smallest absolute Gasteiger partial charge is 0.329 e. The average molecular weight is 256 g/mol. The number of nitrogens with zero attached hydrogens (tertiary/aromatic N) is 1. The molecule has 3 N–H and O–H groups in total. The average Bonchev–Trinajstić information content (AvgIpc) is 2.33. The van der Waals surface area contributed by atoms with Crippen molar-refractivity contribution in [2.75, 3.05) is 19.7 Å². The van der Waals surface area contributed by atoms with E-state index in [1.807, 2.05) is 0 Å². The topological polar surface area (TPSA) is 89.9 Å². The third-order valence-electron chi connectivity index (χ3n) is 4.12. The van der Waals surface area contributed by atoms with Gasteiger partial charge in [0.25, 0.3) is 0 Å². The third kappa shape index (κ3) is 2.43. The van der Waals surface area contributed by atoms with E-state index in [4.69, 9.17) is 10.2 Å². The second kappa shape index (κ2) is 5.14. The van der Waals surface area contributed by atoms with Crippen LogP contribution in [0.2, 0.25) is 0 Å². The largest absolute Gasteiger partial charge is 0.480 e. The van der Waals surface area contributed by atoms with Crippen molar-refractivity contribution >= 4 is 12.0 Å². The summed E-state index contributed by atoms with van der Waals surface area (Å²) in [6.07, 6.45) is 3.44. The van der Waals surface area contributed by atoms with Crippen molar-refractivity contribution in [3.8, 4) is 0 Å². The van der Waals surface area contributed by atoms with Gasteiger partial charge in [-0.3, -0.25) is 0 Å². The van der Waals surface area contributed by atoms with E-state index < -0.39 is 11.5 Å². The van der Waals surface area contributed by atoms with Gasteiger partial charge in [-0.15, -0.1) is 0 Å². The lowest BCUT2D eigenvalue weighted by molar-refractivity contribution is -0.148. The maximum Gasteiger partial charge on any atom is 0.329 e. The van der Waals surface area contributed by atoms with E-state index in [2.05, 4.69) is 5.32 Å². The summed E-state index contributed by atoms with van der Waals surface area (Å²) < 4.78 is 0. The minimum Gasteiger partial charge on any atom is -0.480 e. The highest BCUT2D eigenvalue weighted by molar-refractivity contribution is 5.87. The Morgan fingerprint density at radius 2 is 1.89 bits per heavy atom. The molecule has 1 heterocycles. The third-order valence-corrected chi connectivity index (χ3v) is 4.12. The highest BCUT2D eigenvalue weighted by Crippen LogP contribution is 2.32. The fourth-order valence-electron chi connectivity index (χ4n) is 2.53. The van der Waals surface area contributed by atoms with Crippen LogP contribution in [0.3, 0.4) is 0 Å². The van der Waals surface area contributed by atoms with Crippen molar-refractivity contribution in [1.82, 2.24) is 10.2 Å². The summed E-state index contributed by atoms with van der Waals surface area (Å²) >= 11 is 0. The molecule has 1 saturated heterocycles. The number of aliphatic hydroxyl groups excluding tert-OH is 1. The van der Waals surface area contributed by atoms with Crippen LogP contribution in [-0.2, 0) is 4.79 Å². The molecule has 6 nitrogen and oxygen atoms in total. The molecule has 0 aromatic rings. The van der Waals surface area contributed by atoms with E-state index in [0.717, 1.165) is 19.3 Å². The summed E-state index contributed by atoms with van der Waals surface area (Å²) in [5, 5.41) is 20.8. The number of piperidine rings is 1. The highest BCUT2D eigenvalue weighted by Gasteiger charge is 2.46. The maximum absolute atomic E-state index is 12.0. The number of likely N-dealkylation sites (tertiary alicyclic amines) is 1. The Balaban J connectivity index is 1.87. The molecule has 102 valence electrons. The van der Waals surface area contributed by atoms with Gasteiger partial charge in [0.2, 0.25) is 0 Å². The minimum atomic E-state index is -1.04. The number of amides is 2. The van der Waals surface area contributed by atoms with Gasteiger partial charge in [-0.05, 0) is 38.0 Å². The van der Waals surface area contributed by atoms with Gasteiger partial charge in [-0.1, -0.05) is 0 Å². The van der Waals surface area contributed by atoms with Crippen LogP contribution >= 0.6 is 0 Å². The van der Waals surface area contributed by atoms with Crippen molar-refractivity contribution in [3.63, 3.8) is 0 Å². The van der Waals surface area contributed by atoms with Crippen molar-refractivity contribution < 1.29 is 19.8 Å². The molecule has 2 rings (SSSR count). The lowest BCUT2D eigenvalue weighted by Gasteiger charge is -2.40. The van der Waals surface area contributed by atoms with Crippen LogP contribution in [0.25, 0.3) is 0 Å². The first-order chi connectivity index (χ1) is 8.57. The maximum atomic E-state index is 12.0. The van der Waals surface area contributed by atoms with Gasteiger partial charge in [0.1, 0.15) is 5.54 Å². The Morgan fingerprint density at radius 3 is 2.28 bits per heavy atom. The molecule has 0 unspecified atom stereocenters. The molecule has 1 aliphatic carbocycles. The number of aliphatic carboxylic acids is 1. The number of carbonyl (C=O) groups is 2. The highest BCUT2D eigenvalue weighted by atomic mass is 16.4. The molecule has 0 radical (unpaired) electrons. The standard InChI is InChI=1S/C12H20N2O4/c15-8-9-2-6-14(7-3-9)11(18)13-12(10(16)17)4-1-5-12/h9,15H,1-8H2,(H,13,18)(H,16,17). The van der Waals surface area contributed by atoms with Gasteiger partial charge in [-0.25, -0.2) is 9.59 Å². The summed E-state index contributed by atoms with van der Waals surface area (Å²) in [7, 11) is 0. The Morgan fingerprint density at radius 1 is 1.28 bits per heavy atom. The number of hydrogen-bond acceptors (Lipinski definition) is 3. The van der Waals surface area contributed by atoms with E-state index in [1.54, 1.807) is 4.90 Å². The van der Waals surface area contributed by atoms with Gasteiger partial charge in [-0.2, -0.15) is 0 Å². The predicted octanol–water partition coefficient (Wildman–Crippen LogP) is 0.408. The molecule has 6 heteroatoms. The van der Waals surface area contributed by atoms with Crippen LogP contribution < -0.4 is 5.32 Å². The molecule has 0 aromatic carbocycles. The van der Waals surface area contributed by atoms with Gasteiger partial charge >= 0.3 is 12.0 Å². The number of carbonyl (C=O) groups excluding carboxylic acids is 1. The summed E-state index contributed by atoms with van der Waals surface area (Å²) in [5.41, 5.74) is -1.04. The van der Waals surface area contributed by atoms with E-state index in [-0.39, 0.29) is 18.6 Å². The summed E-state index contributed by atoms with van der Waals surface area (Å²) in [6, 6.07) is -0.284. The second-order valence-electron chi connectivity index (χ2n) is 5.28. The van der Waals surface area contributed by atoms with Crippen molar-refractivity contribution in [2.24, 2.45) is 5.92 Å². The number of rotatable bonds is 3. The Labute approximate surface area is 106 Å². The minimum absolute atomic E-state index is 0.161. The number of carboxylic acids is 1. The lowest BCUT2D eigenvalue weighted by Crippen LogP contribution is -2.62. The van der Waals surface area contributed by atoms with E-state index in [1.165, 1.54) is 0 Å². The Kier molecular flexibility index (Phi) is 3.75. The first kappa shape index (κ1) is 13.1. The molecule has 18 heavy (non-hydrogen) atoms. The monoisotopic (exact) mass is 256 g/mol. The zero-order valence-corrected chi connectivity index (χ0v) is 10.4. The zero-order valence-electron chi connectivity index (χ0n) is 10.4. The van der Waals surface area contributed by atoms with Crippen LogP contribution in [-0.4, -0.2) is 52.3 Å². The molecule has 1 saturated carbocycles. The first-order valence-electron chi connectivity index (χ1n) is 6.49. The van der Waals surface area contributed by atoms with Crippen molar-refractivity contribution in [2.45, 2.75) is 37.6 Å². The van der Waals surface area contributed by atoms with Gasteiger partial charge < -0.3 is 20.4 Å². The molecule has 0 atom stereocenters. The molecule has 2 aliphatic rings. The van der Waals surface area contributed by atoms with Crippen LogP contribution in [0, 0.1) is 5.92 Å². The zero-order chi connectivity index (χ0) is 13.2. The summed E-state index contributed by atoms with van der Waals surface area (Å²) in [4.78, 5) is 24.8. The molecule has 1 aliphatic heterocycles. The molecular formula is C12H20N2O4. The van der Waals surface area contributed by atoms with Gasteiger partial charge in [0.15, 0.2) is 0 Å². The SMILES string of the molecule is O=C(NC1(C(=O)O)CCC1)N1CCC(CO)CC1. The summed E-state index contributed by atoms with van der Waals surface area (Å²) in [6.45, 7) is 1.34. The normalized spacial score (nSPS) is 23.3. The molecule has 0 bridgehead atoms. The van der Waals surface area contributed by atoms with Crippen LogP contribution in [0.15, 0.2) is 0 Å². The van der Waals surface area contributed by atoms with Crippen LogP contribution in [0.4, 0.5) is 4.79 Å². The number of nitrogens with one attached hydrogen (secondary N) is 1. The first-order valence-corrected chi connectivity index (χ1v) is 6.49. The fraction of sp³-hybridized carbons (Fsp3) is 0.833. The van der Waals surface area contributed by atoms with Crippen molar-refractivity contribution in [1.29, 1.82) is 0 Å². The number of hydrogen-bond donors (Lipinski definition) is 3. The molecular weight excluding hydrogens is 236 g/mol. The molecule has 0 aromatic heterocycles. The Bertz CT molecular complexity index is 333. The Hall–Kier alpha value is -1.30. The second-order valence-corrected chi connectivity index (χ2v) is 5.28. The predicted molar refractivity (Wildman–Crippen MR) is 64.1 cm³/mol. The molecule has 2 fully saturated rings. The van der Waals surface area contributed by atoms with E-state index >= 15 is 0 Å². The van der Waals surface area contributed by atoms with Crippen LogP contribution in [0.5, 0.6) is 0 Å². The quantitative estimate of drug-likeness (QED) is 0.682. The summed E-state index contributed by atoms with van der Waals surface area (Å²) in [5.74, 6) is -0.668. The number of aliphatic hydroxyl groups is 1. The number of urea groups is 1. The van der Waals surface area contributed by atoms with Crippen LogP contribution in [0.1, 0.15) is 32.1 Å². The molecule has 0 spiro atoms. The van der Waals surface area contributed by atoms with Crippen molar-refractivity contribution in [3.05, 3.63) is 0 Å². The van der Waals surface area contributed by atoms with Gasteiger partial charge in [0, 0.05) is 19.7 Å².